The number of benzene rings is 3. The van der Waals surface area contributed by atoms with Crippen molar-refractivity contribution in [1.29, 1.82) is 0 Å². The van der Waals surface area contributed by atoms with Crippen LogP contribution in [0.25, 0.3) is 11.0 Å². The second kappa shape index (κ2) is 8.54. The van der Waals surface area contributed by atoms with Crippen LogP contribution in [-0.4, -0.2) is 9.55 Å². The van der Waals surface area contributed by atoms with Crippen LogP contribution in [0.5, 0.6) is 0 Å². The molecular weight excluding hydrogens is 413 g/mol. The third kappa shape index (κ3) is 4.50. The van der Waals surface area contributed by atoms with Gasteiger partial charge in [0.2, 0.25) is 0 Å². The average molecular weight is 431 g/mol. The van der Waals surface area contributed by atoms with E-state index in [9.17, 15) is 0 Å². The van der Waals surface area contributed by atoms with E-state index in [1.807, 2.05) is 60.7 Å². The van der Waals surface area contributed by atoms with Gasteiger partial charge in [-0.3, -0.25) is 0 Å². The van der Waals surface area contributed by atoms with Crippen molar-refractivity contribution in [2.45, 2.75) is 19.6 Å². The summed E-state index contributed by atoms with van der Waals surface area (Å²) in [6.07, 6.45) is 0. The normalized spacial score (nSPS) is 11.2. The van der Waals surface area contributed by atoms with Crippen molar-refractivity contribution in [1.82, 2.24) is 14.9 Å². The quantitative estimate of drug-likeness (QED) is 0.387. The highest BCUT2D eigenvalue weighted by Gasteiger charge is 2.12. The summed E-state index contributed by atoms with van der Waals surface area (Å²) >= 11 is 18.4. The van der Waals surface area contributed by atoms with E-state index in [0.717, 1.165) is 39.0 Å². The van der Waals surface area contributed by atoms with Crippen molar-refractivity contribution in [2.24, 2.45) is 0 Å². The van der Waals surface area contributed by atoms with Gasteiger partial charge in [-0.25, -0.2) is 4.98 Å². The van der Waals surface area contributed by atoms with Crippen LogP contribution in [0.3, 0.4) is 0 Å². The molecule has 0 spiro atoms. The largest absolute Gasteiger partial charge is 0.322 e. The van der Waals surface area contributed by atoms with Crippen molar-refractivity contribution < 1.29 is 0 Å². The number of imidazole rings is 1. The molecular formula is C22H18Cl3N3. The highest BCUT2D eigenvalue weighted by Crippen LogP contribution is 2.23. The Morgan fingerprint density at radius 3 is 2.29 bits per heavy atom. The maximum absolute atomic E-state index is 6.24. The van der Waals surface area contributed by atoms with Crippen LogP contribution in [0, 0.1) is 0 Å². The molecule has 1 aromatic heterocycles. The zero-order valence-electron chi connectivity index (χ0n) is 15.0. The molecule has 0 amide bonds. The minimum Gasteiger partial charge on any atom is -0.322 e. The van der Waals surface area contributed by atoms with Crippen molar-refractivity contribution in [3.63, 3.8) is 0 Å². The maximum atomic E-state index is 6.24. The lowest BCUT2D eigenvalue weighted by molar-refractivity contribution is 0.628. The lowest BCUT2D eigenvalue weighted by Crippen LogP contribution is -2.17. The van der Waals surface area contributed by atoms with Crippen LogP contribution in [0.4, 0.5) is 0 Å². The first-order valence-electron chi connectivity index (χ1n) is 8.93. The molecule has 0 atom stereocenters. The first kappa shape index (κ1) is 19.3. The summed E-state index contributed by atoms with van der Waals surface area (Å²) < 4.78 is 2.18. The Labute approximate surface area is 178 Å². The zero-order chi connectivity index (χ0) is 19.5. The topological polar surface area (TPSA) is 29.9 Å². The van der Waals surface area contributed by atoms with E-state index in [1.54, 1.807) is 0 Å². The Balaban J connectivity index is 1.60. The van der Waals surface area contributed by atoms with Gasteiger partial charge in [-0.1, -0.05) is 59.1 Å². The zero-order valence-corrected chi connectivity index (χ0v) is 17.3. The summed E-state index contributed by atoms with van der Waals surface area (Å²) in [7, 11) is 0. The summed E-state index contributed by atoms with van der Waals surface area (Å²) in [6, 6.07) is 21.5. The van der Waals surface area contributed by atoms with Gasteiger partial charge in [0.05, 0.1) is 17.6 Å². The molecule has 0 aliphatic heterocycles. The van der Waals surface area contributed by atoms with Crippen LogP contribution in [0.15, 0.2) is 66.7 Å². The highest BCUT2D eigenvalue weighted by molar-refractivity contribution is 6.31. The van der Waals surface area contributed by atoms with Crippen LogP contribution in [-0.2, 0) is 19.6 Å². The van der Waals surface area contributed by atoms with Gasteiger partial charge in [0, 0.05) is 28.2 Å². The van der Waals surface area contributed by atoms with Crippen LogP contribution in [0.1, 0.15) is 17.0 Å². The molecule has 142 valence electrons. The lowest BCUT2D eigenvalue weighted by Gasteiger charge is -2.11. The van der Waals surface area contributed by atoms with E-state index >= 15 is 0 Å². The van der Waals surface area contributed by atoms with Gasteiger partial charge >= 0.3 is 0 Å². The average Bonchev–Trinajstić information content (AvgIpc) is 3.00. The molecule has 3 aromatic carbocycles. The molecule has 0 saturated carbocycles. The molecule has 4 rings (SSSR count). The molecule has 0 unspecified atom stereocenters. The Morgan fingerprint density at radius 1 is 0.750 bits per heavy atom. The minimum absolute atomic E-state index is 0.634. The third-order valence-electron chi connectivity index (χ3n) is 4.54. The SMILES string of the molecule is Clc1ccc(CNCc2nc3ccc(Cl)cc3n2Cc2cccc(Cl)c2)cc1. The van der Waals surface area contributed by atoms with Gasteiger partial charge < -0.3 is 9.88 Å². The molecule has 0 aliphatic carbocycles. The molecule has 6 heteroatoms. The predicted molar refractivity (Wildman–Crippen MR) is 117 cm³/mol. The van der Waals surface area contributed by atoms with Crippen molar-refractivity contribution in [3.8, 4) is 0 Å². The van der Waals surface area contributed by atoms with E-state index in [-0.39, 0.29) is 0 Å². The fourth-order valence-electron chi connectivity index (χ4n) is 3.20. The van der Waals surface area contributed by atoms with Gasteiger partial charge in [-0.05, 0) is 53.6 Å². The van der Waals surface area contributed by atoms with Gasteiger partial charge in [0.15, 0.2) is 0 Å². The molecule has 28 heavy (non-hydrogen) atoms. The monoisotopic (exact) mass is 429 g/mol. The Hall–Kier alpha value is -2.04. The maximum Gasteiger partial charge on any atom is 0.124 e. The smallest absolute Gasteiger partial charge is 0.124 e. The lowest BCUT2D eigenvalue weighted by atomic mass is 10.2. The molecule has 0 saturated heterocycles. The first-order chi connectivity index (χ1) is 13.6. The van der Waals surface area contributed by atoms with E-state index < -0.39 is 0 Å². The molecule has 0 radical (unpaired) electrons. The highest BCUT2D eigenvalue weighted by atomic mass is 35.5. The van der Waals surface area contributed by atoms with Crippen molar-refractivity contribution >= 4 is 45.8 Å². The van der Waals surface area contributed by atoms with Crippen LogP contribution < -0.4 is 5.32 Å². The Morgan fingerprint density at radius 2 is 1.50 bits per heavy atom. The van der Waals surface area contributed by atoms with Gasteiger partial charge in [-0.15, -0.1) is 0 Å². The molecule has 1 N–H and O–H groups in total. The molecule has 3 nitrogen and oxygen atoms in total. The standard InChI is InChI=1S/C22H18Cl3N3/c23-17-6-4-15(5-7-17)12-26-13-22-27-20-9-8-19(25)11-21(20)28(22)14-16-2-1-3-18(24)10-16/h1-11,26H,12-14H2. The summed E-state index contributed by atoms with van der Waals surface area (Å²) in [4.78, 5) is 4.81. The second-order valence-corrected chi connectivity index (χ2v) is 7.92. The number of aromatic nitrogens is 2. The molecule has 4 aromatic rings. The number of rotatable bonds is 6. The Kier molecular flexibility index (Phi) is 5.88. The number of nitrogens with one attached hydrogen (secondary N) is 1. The van der Waals surface area contributed by atoms with Crippen molar-refractivity contribution in [2.75, 3.05) is 0 Å². The number of hydrogen-bond donors (Lipinski definition) is 1. The minimum atomic E-state index is 0.634. The second-order valence-electron chi connectivity index (χ2n) is 6.61. The molecule has 0 bridgehead atoms. The Bertz CT molecular complexity index is 1100. The van der Waals surface area contributed by atoms with E-state index in [1.165, 1.54) is 5.56 Å². The van der Waals surface area contributed by atoms with E-state index in [2.05, 4.69) is 16.0 Å². The molecule has 1 heterocycles. The van der Waals surface area contributed by atoms with Gasteiger partial charge in [0.1, 0.15) is 5.82 Å². The summed E-state index contributed by atoms with van der Waals surface area (Å²) in [5.41, 5.74) is 4.22. The molecule has 0 aliphatic rings. The number of hydrogen-bond acceptors (Lipinski definition) is 2. The first-order valence-corrected chi connectivity index (χ1v) is 10.1. The fraction of sp³-hybridized carbons (Fsp3) is 0.136. The predicted octanol–water partition coefficient (Wildman–Crippen LogP) is 6.33. The summed E-state index contributed by atoms with van der Waals surface area (Å²) in [6.45, 7) is 2.04. The number of halogens is 3. The number of nitrogens with zero attached hydrogens (tertiary/aromatic N) is 2. The van der Waals surface area contributed by atoms with Crippen LogP contribution >= 0.6 is 34.8 Å². The fourth-order valence-corrected chi connectivity index (χ4v) is 3.70. The van der Waals surface area contributed by atoms with Gasteiger partial charge in [-0.2, -0.15) is 0 Å². The number of fused-ring (bicyclic) bond motifs is 1. The van der Waals surface area contributed by atoms with Crippen LogP contribution in [0.2, 0.25) is 15.1 Å². The van der Waals surface area contributed by atoms with E-state index in [0.29, 0.717) is 18.1 Å². The van der Waals surface area contributed by atoms with Crippen molar-refractivity contribution in [3.05, 3.63) is 98.7 Å². The summed E-state index contributed by atoms with van der Waals surface area (Å²) in [5, 5.41) is 5.62. The third-order valence-corrected chi connectivity index (χ3v) is 5.27. The van der Waals surface area contributed by atoms with E-state index in [4.69, 9.17) is 39.8 Å². The van der Waals surface area contributed by atoms with Gasteiger partial charge in [0.25, 0.3) is 0 Å². The molecule has 0 fully saturated rings. The summed E-state index contributed by atoms with van der Waals surface area (Å²) in [5.74, 6) is 0.950.